The van der Waals surface area contributed by atoms with Crippen LogP contribution in [-0.2, 0) is 19.6 Å². The summed E-state index contributed by atoms with van der Waals surface area (Å²) in [6.45, 7) is 1.64. The van der Waals surface area contributed by atoms with Gasteiger partial charge >= 0.3 is 5.97 Å². The average Bonchev–Trinajstić information content (AvgIpc) is 2.83. The second kappa shape index (κ2) is 11.6. The van der Waals surface area contributed by atoms with Crippen molar-refractivity contribution < 1.29 is 27.5 Å². The second-order valence-corrected chi connectivity index (χ2v) is 9.07. The molecule has 3 rings (SSSR count). The molecule has 0 unspecified atom stereocenters. The average molecular weight is 504 g/mol. The molecule has 0 bridgehead atoms. The monoisotopic (exact) mass is 503 g/mol. The van der Waals surface area contributed by atoms with Gasteiger partial charge in [0, 0.05) is 16.9 Å². The molecule has 34 heavy (non-hydrogen) atoms. The first-order valence-corrected chi connectivity index (χ1v) is 12.0. The Bertz CT molecular complexity index is 1220. The SMILES string of the molecule is CCOC(=O)c1ccc(NC(=O)[C@H](COc2cccnc2)NS(=O)(=O)c2ccc(Cl)cc2)cc1. The summed E-state index contributed by atoms with van der Waals surface area (Å²) < 4.78 is 38.6. The number of aromatic nitrogens is 1. The summed E-state index contributed by atoms with van der Waals surface area (Å²) in [4.78, 5) is 28.6. The summed E-state index contributed by atoms with van der Waals surface area (Å²) in [6.07, 6.45) is 3.00. The van der Waals surface area contributed by atoms with Gasteiger partial charge in [0.2, 0.25) is 15.9 Å². The minimum atomic E-state index is -4.07. The van der Waals surface area contributed by atoms with Crippen molar-refractivity contribution in [3.8, 4) is 5.75 Å². The van der Waals surface area contributed by atoms with Crippen molar-refractivity contribution in [1.29, 1.82) is 0 Å². The number of amides is 1. The van der Waals surface area contributed by atoms with Crippen LogP contribution in [0.25, 0.3) is 0 Å². The largest absolute Gasteiger partial charge is 0.490 e. The van der Waals surface area contributed by atoms with Crippen LogP contribution in [0.15, 0.2) is 78.0 Å². The molecular formula is C23H22ClN3O6S. The van der Waals surface area contributed by atoms with E-state index in [1.54, 1.807) is 25.3 Å². The highest BCUT2D eigenvalue weighted by atomic mass is 35.5. The van der Waals surface area contributed by atoms with Crippen molar-refractivity contribution in [3.05, 3.63) is 83.6 Å². The van der Waals surface area contributed by atoms with Crippen molar-refractivity contribution in [2.45, 2.75) is 17.9 Å². The molecule has 2 aromatic carbocycles. The summed E-state index contributed by atoms with van der Waals surface area (Å²) >= 11 is 5.84. The van der Waals surface area contributed by atoms with Gasteiger partial charge in [0.05, 0.1) is 23.3 Å². The van der Waals surface area contributed by atoms with E-state index in [1.807, 2.05) is 0 Å². The molecule has 9 nitrogen and oxygen atoms in total. The second-order valence-electron chi connectivity index (χ2n) is 6.91. The number of halogens is 1. The lowest BCUT2D eigenvalue weighted by Crippen LogP contribution is -2.47. The molecule has 0 spiro atoms. The van der Waals surface area contributed by atoms with E-state index in [0.717, 1.165) is 0 Å². The van der Waals surface area contributed by atoms with Crippen LogP contribution in [0.4, 0.5) is 5.69 Å². The number of sulfonamides is 1. The fraction of sp³-hybridized carbons (Fsp3) is 0.174. The molecule has 0 saturated carbocycles. The highest BCUT2D eigenvalue weighted by molar-refractivity contribution is 7.89. The molecule has 2 N–H and O–H groups in total. The van der Waals surface area contributed by atoms with Gasteiger partial charge in [0.1, 0.15) is 18.4 Å². The number of hydrogen-bond acceptors (Lipinski definition) is 7. The van der Waals surface area contributed by atoms with E-state index >= 15 is 0 Å². The molecule has 11 heteroatoms. The standard InChI is InChI=1S/C23H22ClN3O6S/c1-2-32-23(29)16-5-9-18(10-6-16)26-22(28)21(15-33-19-4-3-13-25-14-19)27-34(30,31)20-11-7-17(24)8-12-20/h3-14,21,27H,2,15H2,1H3,(H,26,28)/t21-/m0/s1. The maximum Gasteiger partial charge on any atom is 0.338 e. The number of ether oxygens (including phenoxy) is 2. The van der Waals surface area contributed by atoms with Gasteiger partial charge in [-0.1, -0.05) is 11.6 Å². The van der Waals surface area contributed by atoms with Crippen molar-refractivity contribution >= 4 is 39.2 Å². The van der Waals surface area contributed by atoms with E-state index in [1.165, 1.54) is 54.7 Å². The zero-order valence-corrected chi connectivity index (χ0v) is 19.7. The van der Waals surface area contributed by atoms with Crippen LogP contribution in [0.2, 0.25) is 5.02 Å². The third-order valence-corrected chi connectivity index (χ3v) is 6.19. The van der Waals surface area contributed by atoms with Gasteiger partial charge in [-0.25, -0.2) is 13.2 Å². The number of nitrogens with zero attached hydrogens (tertiary/aromatic N) is 1. The number of carbonyl (C=O) groups is 2. The van der Waals surface area contributed by atoms with Crippen LogP contribution in [0.1, 0.15) is 17.3 Å². The van der Waals surface area contributed by atoms with Crippen LogP contribution >= 0.6 is 11.6 Å². The Hall–Kier alpha value is -3.47. The molecule has 1 heterocycles. The summed E-state index contributed by atoms with van der Waals surface area (Å²) in [5, 5.41) is 3.00. The number of rotatable bonds is 10. The van der Waals surface area contributed by atoms with Crippen molar-refractivity contribution in [2.75, 3.05) is 18.5 Å². The molecule has 3 aromatic rings. The summed E-state index contributed by atoms with van der Waals surface area (Å²) in [6, 6.07) is 13.5. The minimum absolute atomic E-state index is 0.0603. The molecule has 1 aromatic heterocycles. The van der Waals surface area contributed by atoms with Gasteiger partial charge in [0.25, 0.3) is 0 Å². The number of carbonyl (C=O) groups excluding carboxylic acids is 2. The van der Waals surface area contributed by atoms with E-state index in [2.05, 4.69) is 15.0 Å². The number of esters is 1. The van der Waals surface area contributed by atoms with Crippen molar-refractivity contribution in [1.82, 2.24) is 9.71 Å². The van der Waals surface area contributed by atoms with Gasteiger partial charge in [-0.2, -0.15) is 4.72 Å². The first-order chi connectivity index (χ1) is 16.3. The number of anilines is 1. The zero-order valence-electron chi connectivity index (χ0n) is 18.1. The third kappa shape index (κ3) is 7.01. The highest BCUT2D eigenvalue weighted by Gasteiger charge is 2.27. The van der Waals surface area contributed by atoms with Crippen LogP contribution < -0.4 is 14.8 Å². The Morgan fingerprint density at radius 1 is 1.06 bits per heavy atom. The summed E-state index contributed by atoms with van der Waals surface area (Å²) in [5.41, 5.74) is 0.676. The fourth-order valence-corrected chi connectivity index (χ4v) is 4.08. The fourth-order valence-electron chi connectivity index (χ4n) is 2.78. The Kier molecular flexibility index (Phi) is 8.58. The van der Waals surface area contributed by atoms with Gasteiger partial charge in [0.15, 0.2) is 0 Å². The molecule has 0 aliphatic carbocycles. The van der Waals surface area contributed by atoms with Crippen LogP contribution in [0.3, 0.4) is 0 Å². The maximum absolute atomic E-state index is 13.0. The molecule has 1 amide bonds. The topological polar surface area (TPSA) is 124 Å². The highest BCUT2D eigenvalue weighted by Crippen LogP contribution is 2.16. The summed E-state index contributed by atoms with van der Waals surface area (Å²) in [7, 11) is -4.07. The maximum atomic E-state index is 13.0. The van der Waals surface area contributed by atoms with E-state index in [-0.39, 0.29) is 18.1 Å². The minimum Gasteiger partial charge on any atom is -0.490 e. The number of pyridine rings is 1. The van der Waals surface area contributed by atoms with Crippen LogP contribution in [0.5, 0.6) is 5.75 Å². The smallest absolute Gasteiger partial charge is 0.338 e. The third-order valence-electron chi connectivity index (χ3n) is 4.45. The molecule has 0 aliphatic rings. The molecule has 1 atom stereocenters. The summed E-state index contributed by atoms with van der Waals surface area (Å²) in [5.74, 6) is -0.783. The van der Waals surface area contributed by atoms with Crippen LogP contribution in [0, 0.1) is 0 Å². The van der Waals surface area contributed by atoms with E-state index < -0.39 is 27.9 Å². The van der Waals surface area contributed by atoms with Gasteiger partial charge < -0.3 is 14.8 Å². The van der Waals surface area contributed by atoms with Crippen molar-refractivity contribution in [2.24, 2.45) is 0 Å². The van der Waals surface area contributed by atoms with Gasteiger partial charge in [-0.3, -0.25) is 9.78 Å². The van der Waals surface area contributed by atoms with Crippen LogP contribution in [-0.4, -0.2) is 44.5 Å². The lowest BCUT2D eigenvalue weighted by atomic mass is 10.2. The number of hydrogen-bond donors (Lipinski definition) is 2. The molecule has 0 saturated heterocycles. The van der Waals surface area contributed by atoms with E-state index in [4.69, 9.17) is 21.1 Å². The first-order valence-electron chi connectivity index (χ1n) is 10.2. The Morgan fingerprint density at radius 2 is 1.76 bits per heavy atom. The predicted molar refractivity (Wildman–Crippen MR) is 126 cm³/mol. The van der Waals surface area contributed by atoms with E-state index in [0.29, 0.717) is 22.0 Å². The lowest BCUT2D eigenvalue weighted by molar-refractivity contribution is -0.118. The lowest BCUT2D eigenvalue weighted by Gasteiger charge is -2.19. The Balaban J connectivity index is 1.77. The molecule has 0 fully saturated rings. The van der Waals surface area contributed by atoms with Gasteiger partial charge in [-0.15, -0.1) is 0 Å². The Morgan fingerprint density at radius 3 is 2.38 bits per heavy atom. The first kappa shape index (κ1) is 25.2. The quantitative estimate of drug-likeness (QED) is 0.407. The van der Waals surface area contributed by atoms with Crippen molar-refractivity contribution in [3.63, 3.8) is 0 Å². The Labute approximate surface area is 202 Å². The number of benzene rings is 2. The molecular weight excluding hydrogens is 482 g/mol. The van der Waals surface area contributed by atoms with Gasteiger partial charge in [-0.05, 0) is 67.6 Å². The zero-order chi connectivity index (χ0) is 24.6. The molecule has 0 radical (unpaired) electrons. The van der Waals surface area contributed by atoms with E-state index in [9.17, 15) is 18.0 Å². The predicted octanol–water partition coefficient (Wildman–Crippen LogP) is 3.28. The molecule has 0 aliphatic heterocycles. The normalized spacial score (nSPS) is 11.9. The number of nitrogens with one attached hydrogen (secondary N) is 2. The molecule has 178 valence electrons.